The fourth-order valence-electron chi connectivity index (χ4n) is 3.59. The first-order valence-electron chi connectivity index (χ1n) is 9.65. The molecule has 2 N–H and O–H groups in total. The third kappa shape index (κ3) is 4.51. The minimum absolute atomic E-state index is 0.406. The van der Waals surface area contributed by atoms with Crippen molar-refractivity contribution in [1.29, 1.82) is 0 Å². The quantitative estimate of drug-likeness (QED) is 0.262. The van der Waals surface area contributed by atoms with Crippen molar-refractivity contribution >= 4 is 24.8 Å². The molecule has 0 spiro atoms. The molecule has 3 rings (SSSR count). The molecule has 2 aromatic heterocycles. The summed E-state index contributed by atoms with van der Waals surface area (Å²) in [4.78, 5) is 9.00. The van der Waals surface area contributed by atoms with Gasteiger partial charge in [0.25, 0.3) is 0 Å². The van der Waals surface area contributed by atoms with Crippen LogP contribution in [0.15, 0.2) is 23.7 Å². The molecule has 6 nitrogen and oxygen atoms in total. The molecule has 1 saturated carbocycles. The van der Waals surface area contributed by atoms with E-state index in [1.807, 2.05) is 10.8 Å². The Morgan fingerprint density at radius 2 is 2.04 bits per heavy atom. The summed E-state index contributed by atoms with van der Waals surface area (Å²) >= 11 is 0. The van der Waals surface area contributed by atoms with Crippen LogP contribution in [-0.2, 0) is 11.5 Å². The molecule has 0 unspecified atom stereocenters. The summed E-state index contributed by atoms with van der Waals surface area (Å²) in [5.74, 6) is 6.18. The molecule has 142 valence electrons. The highest BCUT2D eigenvalue weighted by atomic mass is 28.3. The Labute approximate surface area is 156 Å². The molecule has 0 amide bonds. The summed E-state index contributed by atoms with van der Waals surface area (Å²) < 4.78 is 7.93. The summed E-state index contributed by atoms with van der Waals surface area (Å²) in [7, 11) is -1.07. The second-order valence-electron chi connectivity index (χ2n) is 8.44. The summed E-state index contributed by atoms with van der Waals surface area (Å²) in [5, 5.41) is 5.14. The molecular weight excluding hydrogens is 342 g/mol. The largest absolute Gasteiger partial charge is 0.361 e. The first kappa shape index (κ1) is 19.0. The minimum Gasteiger partial charge on any atom is -0.361 e. The van der Waals surface area contributed by atoms with Crippen molar-refractivity contribution in [2.24, 2.45) is 16.9 Å². The van der Waals surface area contributed by atoms with Gasteiger partial charge in [-0.1, -0.05) is 38.9 Å². The van der Waals surface area contributed by atoms with Crippen molar-refractivity contribution in [2.75, 3.05) is 6.61 Å². The molecule has 2 aromatic rings. The number of nitrogens with zero attached hydrogens (tertiary/aromatic N) is 4. The van der Waals surface area contributed by atoms with Crippen LogP contribution in [0, 0.1) is 5.92 Å². The summed E-state index contributed by atoms with van der Waals surface area (Å²) in [5.41, 5.74) is 2.69. The van der Waals surface area contributed by atoms with E-state index in [1.54, 1.807) is 6.33 Å². The zero-order chi connectivity index (χ0) is 18.6. The zero-order valence-electron chi connectivity index (χ0n) is 16.2. The maximum Gasteiger partial charge on any atom is 0.145 e. The van der Waals surface area contributed by atoms with Gasteiger partial charge in [0, 0.05) is 32.2 Å². The smallest absolute Gasteiger partial charge is 0.145 e. The Kier molecular flexibility index (Phi) is 6.08. The fraction of sp³-hybridized carbons (Fsp3) is 0.632. The third-order valence-corrected chi connectivity index (χ3v) is 6.86. The van der Waals surface area contributed by atoms with Gasteiger partial charge in [0.1, 0.15) is 18.7 Å². The molecule has 2 heterocycles. The predicted octanol–water partition coefficient (Wildman–Crippen LogP) is 3.99. The van der Waals surface area contributed by atoms with E-state index in [4.69, 9.17) is 10.6 Å². The zero-order valence-corrected chi connectivity index (χ0v) is 17.2. The number of aromatic nitrogens is 3. The number of nitrogens with two attached hydrogens (primary N) is 1. The molecule has 1 aliphatic carbocycles. The van der Waals surface area contributed by atoms with Gasteiger partial charge < -0.3 is 15.1 Å². The van der Waals surface area contributed by atoms with Crippen LogP contribution in [0.4, 0.5) is 0 Å². The number of rotatable bonds is 7. The van der Waals surface area contributed by atoms with E-state index in [9.17, 15) is 0 Å². The molecule has 7 heteroatoms. The molecule has 0 saturated heterocycles. The molecule has 0 atom stereocenters. The minimum atomic E-state index is -1.07. The van der Waals surface area contributed by atoms with Crippen LogP contribution in [0.5, 0.6) is 0 Å². The fourth-order valence-corrected chi connectivity index (χ4v) is 4.35. The van der Waals surface area contributed by atoms with Gasteiger partial charge in [0.15, 0.2) is 0 Å². The lowest BCUT2D eigenvalue weighted by molar-refractivity contribution is 0.0899. The van der Waals surface area contributed by atoms with Crippen molar-refractivity contribution in [3.05, 3.63) is 24.3 Å². The maximum absolute atomic E-state index is 5.89. The van der Waals surface area contributed by atoms with Gasteiger partial charge in [0.05, 0.1) is 11.4 Å². The highest BCUT2D eigenvalue weighted by Gasteiger charge is 2.24. The van der Waals surface area contributed by atoms with Crippen molar-refractivity contribution in [1.82, 2.24) is 14.5 Å². The molecule has 1 aliphatic rings. The SMILES string of the molecule is C[Si](C)(C)CCOCn1ccc2c(/C(=N\N)C3CCCCC3)ncnc21. The van der Waals surface area contributed by atoms with E-state index in [1.165, 1.54) is 19.3 Å². The van der Waals surface area contributed by atoms with Crippen LogP contribution >= 0.6 is 0 Å². The van der Waals surface area contributed by atoms with E-state index in [0.29, 0.717) is 12.6 Å². The molecule has 0 radical (unpaired) electrons. The Morgan fingerprint density at radius 1 is 1.27 bits per heavy atom. The van der Waals surface area contributed by atoms with E-state index >= 15 is 0 Å². The number of hydrogen-bond acceptors (Lipinski definition) is 5. The van der Waals surface area contributed by atoms with Crippen LogP contribution in [0.3, 0.4) is 0 Å². The van der Waals surface area contributed by atoms with Crippen molar-refractivity contribution < 1.29 is 4.74 Å². The van der Waals surface area contributed by atoms with Crippen LogP contribution in [0.2, 0.25) is 25.7 Å². The Hall–Kier alpha value is -1.73. The van der Waals surface area contributed by atoms with Crippen molar-refractivity contribution in [3.8, 4) is 0 Å². The maximum atomic E-state index is 5.89. The molecular formula is C19H31N5OSi. The highest BCUT2D eigenvalue weighted by Crippen LogP contribution is 2.29. The van der Waals surface area contributed by atoms with Gasteiger partial charge in [-0.2, -0.15) is 5.10 Å². The van der Waals surface area contributed by atoms with Crippen LogP contribution in [-0.4, -0.2) is 34.9 Å². The second kappa shape index (κ2) is 8.31. The lowest BCUT2D eigenvalue weighted by atomic mass is 9.84. The Morgan fingerprint density at radius 3 is 2.73 bits per heavy atom. The molecule has 1 fully saturated rings. The number of fused-ring (bicyclic) bond motifs is 1. The van der Waals surface area contributed by atoms with Gasteiger partial charge in [0.2, 0.25) is 0 Å². The monoisotopic (exact) mass is 373 g/mol. The van der Waals surface area contributed by atoms with Gasteiger partial charge in [-0.05, 0) is 25.0 Å². The van der Waals surface area contributed by atoms with Crippen molar-refractivity contribution in [2.45, 2.75) is 64.5 Å². The first-order valence-corrected chi connectivity index (χ1v) is 13.4. The van der Waals surface area contributed by atoms with Gasteiger partial charge in [-0.3, -0.25) is 0 Å². The van der Waals surface area contributed by atoms with Crippen molar-refractivity contribution in [3.63, 3.8) is 0 Å². The second-order valence-corrected chi connectivity index (χ2v) is 14.1. The average Bonchev–Trinajstić information content (AvgIpc) is 3.03. The van der Waals surface area contributed by atoms with Crippen LogP contribution < -0.4 is 5.84 Å². The highest BCUT2D eigenvalue weighted by molar-refractivity contribution is 6.76. The Bertz CT molecular complexity index is 759. The first-order chi connectivity index (χ1) is 12.5. The van der Waals surface area contributed by atoms with E-state index < -0.39 is 8.07 Å². The van der Waals surface area contributed by atoms with E-state index in [-0.39, 0.29) is 0 Å². The lowest BCUT2D eigenvalue weighted by Crippen LogP contribution is -2.22. The number of ether oxygens (including phenoxy) is 1. The Balaban J connectivity index is 1.77. The standard InChI is InChI=1S/C19H31N5OSi/c1-26(2,3)12-11-25-14-24-10-9-16-18(21-13-22-19(16)24)17(23-20)15-7-5-4-6-8-15/h9-10,13,15H,4-8,11-12,14,20H2,1-3H3/b23-17-. The van der Waals surface area contributed by atoms with Gasteiger partial charge in [-0.25, -0.2) is 9.97 Å². The summed E-state index contributed by atoms with van der Waals surface area (Å²) in [6.45, 7) is 8.40. The third-order valence-electron chi connectivity index (χ3n) is 5.16. The number of hydrazone groups is 1. The van der Waals surface area contributed by atoms with E-state index in [0.717, 1.165) is 47.9 Å². The summed E-state index contributed by atoms with van der Waals surface area (Å²) in [6, 6.07) is 3.22. The van der Waals surface area contributed by atoms with Crippen LogP contribution in [0.1, 0.15) is 37.8 Å². The lowest BCUT2D eigenvalue weighted by Gasteiger charge is -2.22. The molecule has 0 aromatic carbocycles. The molecule has 0 aliphatic heterocycles. The molecule has 0 bridgehead atoms. The average molecular weight is 374 g/mol. The topological polar surface area (TPSA) is 78.3 Å². The predicted molar refractivity (Wildman–Crippen MR) is 109 cm³/mol. The molecule has 26 heavy (non-hydrogen) atoms. The number of hydrogen-bond donors (Lipinski definition) is 1. The van der Waals surface area contributed by atoms with E-state index in [2.05, 4.69) is 40.8 Å². The van der Waals surface area contributed by atoms with Crippen LogP contribution in [0.25, 0.3) is 11.0 Å². The normalized spacial score (nSPS) is 17.1. The summed E-state index contributed by atoms with van der Waals surface area (Å²) in [6.07, 6.45) is 9.70. The van der Waals surface area contributed by atoms with Gasteiger partial charge >= 0.3 is 0 Å². The van der Waals surface area contributed by atoms with Gasteiger partial charge in [-0.15, -0.1) is 0 Å².